The summed E-state index contributed by atoms with van der Waals surface area (Å²) >= 11 is 0. The number of hydrogen-bond donors (Lipinski definition) is 0. The van der Waals surface area contributed by atoms with Crippen LogP contribution < -0.4 is 15.9 Å². The van der Waals surface area contributed by atoms with E-state index in [0.717, 1.165) is 25.6 Å². The Morgan fingerprint density at radius 2 is 1.03 bits per heavy atom. The zero-order valence-electron chi connectivity index (χ0n) is 24.4. The Labute approximate surface area is 234 Å². The van der Waals surface area contributed by atoms with Crippen molar-refractivity contribution in [1.82, 2.24) is 0 Å². The van der Waals surface area contributed by atoms with Crippen LogP contribution in [0.1, 0.15) is 65.7 Å². The van der Waals surface area contributed by atoms with Crippen molar-refractivity contribution in [3.63, 3.8) is 0 Å². The largest absolute Gasteiger partial charge is 0.417 e. The molecule has 0 N–H and O–H groups in total. The van der Waals surface area contributed by atoms with Crippen LogP contribution in [0.25, 0.3) is 0 Å². The third-order valence-electron chi connectivity index (χ3n) is 8.00. The summed E-state index contributed by atoms with van der Waals surface area (Å²) in [4.78, 5) is 0. The average Bonchev–Trinajstić information content (AvgIpc) is 2.92. The van der Waals surface area contributed by atoms with Crippen LogP contribution in [-0.4, -0.2) is 21.1 Å². The van der Waals surface area contributed by atoms with Crippen molar-refractivity contribution in [2.45, 2.75) is 83.8 Å². The first-order valence-corrected chi connectivity index (χ1v) is 19.3. The van der Waals surface area contributed by atoms with Crippen molar-refractivity contribution in [2.24, 2.45) is 0 Å². The van der Waals surface area contributed by atoms with Crippen molar-refractivity contribution >= 4 is 31.5 Å². The van der Waals surface area contributed by atoms with Gasteiger partial charge >= 0.3 is 0 Å². The Kier molecular flexibility index (Phi) is 11.9. The van der Waals surface area contributed by atoms with Gasteiger partial charge in [0.2, 0.25) is 0 Å². The van der Waals surface area contributed by atoms with Crippen LogP contribution in [0.15, 0.2) is 91.0 Å². The Morgan fingerprint density at radius 3 is 1.50 bits per heavy atom. The quantitative estimate of drug-likeness (QED) is 0.0906. The van der Waals surface area contributed by atoms with Crippen molar-refractivity contribution < 1.29 is 4.43 Å². The predicted octanol–water partition coefficient (Wildman–Crippen LogP) is 8.74. The second kappa shape index (κ2) is 14.8. The van der Waals surface area contributed by atoms with Gasteiger partial charge in [-0.3, -0.25) is 0 Å². The van der Waals surface area contributed by atoms with Crippen molar-refractivity contribution in [3.8, 4) is 11.8 Å². The first-order valence-electron chi connectivity index (χ1n) is 14.4. The molecule has 3 aromatic rings. The van der Waals surface area contributed by atoms with Gasteiger partial charge in [0.05, 0.1) is 6.16 Å². The number of hydrogen-bond acceptors (Lipinski definition) is 1. The molecule has 0 amide bonds. The molecule has 0 saturated heterocycles. The van der Waals surface area contributed by atoms with Crippen LogP contribution in [-0.2, 0) is 4.43 Å². The van der Waals surface area contributed by atoms with E-state index in [9.17, 15) is 0 Å². The zero-order valence-corrected chi connectivity index (χ0v) is 26.3. The molecule has 0 fully saturated rings. The van der Waals surface area contributed by atoms with E-state index >= 15 is 0 Å². The van der Waals surface area contributed by atoms with Gasteiger partial charge < -0.3 is 4.43 Å². The molecule has 0 radical (unpaired) electrons. The Balaban J connectivity index is 1.52. The Bertz CT molecular complexity index is 1030. The smallest absolute Gasteiger partial charge is 0.191 e. The topological polar surface area (TPSA) is 9.23 Å². The summed E-state index contributed by atoms with van der Waals surface area (Å²) in [6.07, 6.45) is 9.21. The monoisotopic (exact) mass is 543 g/mol. The third kappa shape index (κ3) is 8.41. The highest BCUT2D eigenvalue weighted by Gasteiger charge is 2.44. The van der Waals surface area contributed by atoms with Crippen molar-refractivity contribution in [3.05, 3.63) is 91.0 Å². The number of rotatable bonds is 13. The van der Waals surface area contributed by atoms with E-state index in [4.69, 9.17) is 4.43 Å². The molecule has 1 nitrogen and oxygen atoms in total. The standard InChI is InChI=1S/C35H48OPSi/c1-35(2,3)38(4,5)36-30-22-11-9-7-6-8-10-12-23-31-37(32-24-16-13-17-25-32,33-26-18-14-19-27-33)34-28-20-15-21-29-34/h13-21,24-29H,6-9,11,22-23,30-31H2,1-5H3/q+1. The van der Waals surface area contributed by atoms with Gasteiger partial charge in [-0.15, -0.1) is 5.92 Å². The highest BCUT2D eigenvalue weighted by molar-refractivity contribution is 7.95. The van der Waals surface area contributed by atoms with Crippen LogP contribution in [0.5, 0.6) is 0 Å². The third-order valence-corrected chi connectivity index (χ3v) is 17.0. The Hall–Kier alpha value is -2.17. The first kappa shape index (κ1) is 30.4. The molecule has 0 spiro atoms. The van der Waals surface area contributed by atoms with Gasteiger partial charge in [0.25, 0.3) is 0 Å². The molecule has 0 aromatic heterocycles. The molecule has 0 heterocycles. The van der Waals surface area contributed by atoms with E-state index in [1.807, 2.05) is 0 Å². The van der Waals surface area contributed by atoms with Crippen molar-refractivity contribution in [1.29, 1.82) is 0 Å². The summed E-state index contributed by atoms with van der Waals surface area (Å²) < 4.78 is 6.31. The fourth-order valence-corrected chi connectivity index (χ4v) is 9.92. The summed E-state index contributed by atoms with van der Waals surface area (Å²) in [5.74, 6) is 7.05. The lowest BCUT2D eigenvalue weighted by molar-refractivity contribution is 0.277. The maximum absolute atomic E-state index is 6.31. The fourth-order valence-electron chi connectivity index (χ4n) is 4.67. The van der Waals surface area contributed by atoms with E-state index in [2.05, 4.69) is 137 Å². The summed E-state index contributed by atoms with van der Waals surface area (Å²) in [5, 5.41) is 4.63. The molecule has 0 bridgehead atoms. The lowest BCUT2D eigenvalue weighted by atomic mass is 10.1. The number of unbranched alkanes of at least 4 members (excludes halogenated alkanes) is 5. The fraction of sp³-hybridized carbons (Fsp3) is 0.429. The molecule has 38 heavy (non-hydrogen) atoms. The molecule has 3 rings (SSSR count). The molecule has 0 aliphatic rings. The zero-order chi connectivity index (χ0) is 27.3. The van der Waals surface area contributed by atoms with E-state index in [0.29, 0.717) is 5.04 Å². The van der Waals surface area contributed by atoms with Gasteiger partial charge in [-0.2, -0.15) is 0 Å². The van der Waals surface area contributed by atoms with Crippen molar-refractivity contribution in [2.75, 3.05) is 12.8 Å². The van der Waals surface area contributed by atoms with Crippen LogP contribution in [0.3, 0.4) is 0 Å². The molecular formula is C35H48OPSi+. The minimum atomic E-state index is -1.76. The van der Waals surface area contributed by atoms with Gasteiger partial charge in [0.15, 0.2) is 8.32 Å². The second-order valence-electron chi connectivity index (χ2n) is 11.8. The normalized spacial score (nSPS) is 12.1. The van der Waals surface area contributed by atoms with E-state index in [1.54, 1.807) is 0 Å². The SMILES string of the molecule is CC(C)(C)[Si](C)(C)OCCCCCCCC#CCC[P+](c1ccccc1)(c1ccccc1)c1ccccc1. The summed E-state index contributed by atoms with van der Waals surface area (Å²) in [7, 11) is -3.36. The van der Waals surface area contributed by atoms with Crippen LogP contribution in [0.2, 0.25) is 18.1 Å². The molecule has 0 saturated carbocycles. The molecule has 0 aliphatic heterocycles. The van der Waals surface area contributed by atoms with E-state index < -0.39 is 15.6 Å². The number of benzene rings is 3. The van der Waals surface area contributed by atoms with Gasteiger partial charge in [-0.25, -0.2) is 0 Å². The minimum Gasteiger partial charge on any atom is -0.417 e. The average molecular weight is 544 g/mol. The van der Waals surface area contributed by atoms with E-state index in [-0.39, 0.29) is 0 Å². The van der Waals surface area contributed by atoms with Gasteiger partial charge in [0, 0.05) is 19.4 Å². The Morgan fingerprint density at radius 1 is 0.605 bits per heavy atom. The van der Waals surface area contributed by atoms with Gasteiger partial charge in [-0.05, 0) is 67.4 Å². The lowest BCUT2D eigenvalue weighted by Crippen LogP contribution is -2.40. The van der Waals surface area contributed by atoms with Crippen LogP contribution in [0.4, 0.5) is 0 Å². The summed E-state index contributed by atoms with van der Waals surface area (Å²) in [6, 6.07) is 33.4. The molecule has 0 aliphatic carbocycles. The molecule has 0 unspecified atom stereocenters. The minimum absolute atomic E-state index is 0.302. The first-order chi connectivity index (χ1) is 18.3. The summed E-state index contributed by atoms with van der Waals surface area (Å²) in [5.41, 5.74) is 0. The molecule has 202 valence electrons. The van der Waals surface area contributed by atoms with Gasteiger partial charge in [0.1, 0.15) is 23.2 Å². The van der Waals surface area contributed by atoms with Crippen LogP contribution >= 0.6 is 7.26 Å². The van der Waals surface area contributed by atoms with Crippen LogP contribution in [0, 0.1) is 11.8 Å². The molecule has 0 atom stereocenters. The maximum Gasteiger partial charge on any atom is 0.191 e. The van der Waals surface area contributed by atoms with Gasteiger partial charge in [-0.1, -0.05) is 101 Å². The molecule has 3 aromatic carbocycles. The predicted molar refractivity (Wildman–Crippen MR) is 173 cm³/mol. The van der Waals surface area contributed by atoms with E-state index in [1.165, 1.54) is 48.0 Å². The highest BCUT2D eigenvalue weighted by Crippen LogP contribution is 2.55. The lowest BCUT2D eigenvalue weighted by Gasteiger charge is -2.36. The molecule has 3 heteroatoms. The second-order valence-corrected chi connectivity index (χ2v) is 20.2. The molecular weight excluding hydrogens is 495 g/mol. The summed E-state index contributed by atoms with van der Waals surface area (Å²) in [6.45, 7) is 12.5. The maximum atomic E-state index is 6.31. The highest BCUT2D eigenvalue weighted by atomic mass is 31.2.